The number of rotatable bonds is 3. The highest BCUT2D eigenvalue weighted by Crippen LogP contribution is 2.38. The first-order chi connectivity index (χ1) is 12.8. The molecule has 2 heterocycles. The number of carbonyl (C=O) groups is 1. The number of fused-ring (bicyclic) bond motifs is 1. The molecule has 1 aliphatic heterocycles. The number of benzene rings is 2. The first-order valence-corrected chi connectivity index (χ1v) is 8.75. The third kappa shape index (κ3) is 3.19. The van der Waals surface area contributed by atoms with Crippen LogP contribution in [-0.4, -0.2) is 34.7 Å². The van der Waals surface area contributed by atoms with Crippen molar-refractivity contribution in [3.05, 3.63) is 59.8 Å². The highest BCUT2D eigenvalue weighted by molar-refractivity contribution is 6.04. The monoisotopic (exact) mass is 370 g/mol. The molecule has 3 aromatic rings. The molecule has 0 saturated carbocycles. The molecule has 1 fully saturated rings. The summed E-state index contributed by atoms with van der Waals surface area (Å²) in [5.41, 5.74) is 7.32. The van der Waals surface area contributed by atoms with Gasteiger partial charge in [0.15, 0.2) is 0 Å². The number of hydrogen-bond donors (Lipinski definition) is 2. The van der Waals surface area contributed by atoms with Crippen LogP contribution in [0.15, 0.2) is 48.7 Å². The van der Waals surface area contributed by atoms with Gasteiger partial charge in [-0.2, -0.15) is 5.10 Å². The summed E-state index contributed by atoms with van der Waals surface area (Å²) in [6, 6.07) is 12.7. The molecule has 140 valence electrons. The van der Waals surface area contributed by atoms with Gasteiger partial charge >= 0.3 is 0 Å². The van der Waals surface area contributed by atoms with E-state index in [9.17, 15) is 13.6 Å². The molecular formula is C20H20F2N4O. The Morgan fingerprint density at radius 3 is 2.59 bits per heavy atom. The van der Waals surface area contributed by atoms with Gasteiger partial charge in [0, 0.05) is 30.0 Å². The van der Waals surface area contributed by atoms with Crippen molar-refractivity contribution in [1.82, 2.24) is 15.1 Å². The Kier molecular flexibility index (Phi) is 3.99. The van der Waals surface area contributed by atoms with Crippen LogP contribution in [0.3, 0.4) is 0 Å². The molecule has 0 radical (unpaired) electrons. The number of carbonyl (C=O) groups excluding carboxylic acids is 1. The second-order valence-electron chi connectivity index (χ2n) is 7.43. The highest BCUT2D eigenvalue weighted by atomic mass is 19.3. The highest BCUT2D eigenvalue weighted by Gasteiger charge is 2.43. The topological polar surface area (TPSA) is 72.9 Å². The number of nitrogens with one attached hydrogen (secondary N) is 1. The lowest BCUT2D eigenvalue weighted by Crippen LogP contribution is -2.51. The number of aromatic nitrogens is 2. The molecule has 2 aromatic carbocycles. The van der Waals surface area contributed by atoms with Crippen LogP contribution in [0.1, 0.15) is 29.3 Å². The zero-order chi connectivity index (χ0) is 19.2. The second kappa shape index (κ2) is 6.13. The SMILES string of the molecule is C[C@]1(c2ccc(-n3cc4cccc(C(N)=O)c4n3)cc2)CNCC(F)(F)C1. The van der Waals surface area contributed by atoms with Crippen LogP contribution in [0.25, 0.3) is 16.6 Å². The molecule has 4 rings (SSSR count). The van der Waals surface area contributed by atoms with Crippen LogP contribution >= 0.6 is 0 Å². The zero-order valence-electron chi connectivity index (χ0n) is 14.9. The third-order valence-electron chi connectivity index (χ3n) is 5.18. The van der Waals surface area contributed by atoms with Gasteiger partial charge in [-0.1, -0.05) is 31.2 Å². The van der Waals surface area contributed by atoms with Crippen molar-refractivity contribution in [3.63, 3.8) is 0 Å². The quantitative estimate of drug-likeness (QED) is 0.744. The fourth-order valence-electron chi connectivity index (χ4n) is 3.81. The van der Waals surface area contributed by atoms with Gasteiger partial charge in [0.1, 0.15) is 5.52 Å². The second-order valence-corrected chi connectivity index (χ2v) is 7.43. The Balaban J connectivity index is 1.68. The standard InChI is InChI=1S/C20H20F2N4O/c1-19(10-20(21,22)12-24-11-19)14-5-7-15(8-6-14)26-9-13-3-2-4-16(18(23)27)17(13)25-26/h2-9,24H,10-12H2,1H3,(H2,23,27)/t19-/m1/s1. The number of nitrogens with two attached hydrogens (primary N) is 1. The first kappa shape index (κ1) is 17.6. The number of piperidine rings is 1. The van der Waals surface area contributed by atoms with Gasteiger partial charge in [-0.15, -0.1) is 0 Å². The molecule has 0 bridgehead atoms. The van der Waals surface area contributed by atoms with Crippen LogP contribution < -0.4 is 11.1 Å². The molecule has 1 saturated heterocycles. The van der Waals surface area contributed by atoms with Crippen LogP contribution in [0.4, 0.5) is 8.78 Å². The smallest absolute Gasteiger partial charge is 0.261 e. The summed E-state index contributed by atoms with van der Waals surface area (Å²) < 4.78 is 29.3. The van der Waals surface area contributed by atoms with Gasteiger partial charge in [-0.05, 0) is 23.8 Å². The summed E-state index contributed by atoms with van der Waals surface area (Å²) in [4.78, 5) is 11.6. The van der Waals surface area contributed by atoms with E-state index in [2.05, 4.69) is 10.4 Å². The summed E-state index contributed by atoms with van der Waals surface area (Å²) in [5.74, 6) is -3.24. The van der Waals surface area contributed by atoms with Gasteiger partial charge in [0.05, 0.1) is 17.8 Å². The lowest BCUT2D eigenvalue weighted by Gasteiger charge is -2.39. The number of halogens is 2. The Labute approximate surface area is 155 Å². The van der Waals surface area contributed by atoms with E-state index in [1.54, 1.807) is 16.8 Å². The third-order valence-corrected chi connectivity index (χ3v) is 5.18. The average Bonchev–Trinajstić information content (AvgIpc) is 3.04. The minimum atomic E-state index is -2.71. The summed E-state index contributed by atoms with van der Waals surface area (Å²) in [7, 11) is 0. The van der Waals surface area contributed by atoms with Gasteiger partial charge < -0.3 is 11.1 Å². The number of amides is 1. The van der Waals surface area contributed by atoms with Crippen molar-refractivity contribution in [1.29, 1.82) is 0 Å². The van der Waals surface area contributed by atoms with Gasteiger partial charge in [0.2, 0.25) is 0 Å². The zero-order valence-corrected chi connectivity index (χ0v) is 14.9. The Morgan fingerprint density at radius 2 is 1.93 bits per heavy atom. The first-order valence-electron chi connectivity index (χ1n) is 8.75. The molecule has 1 aromatic heterocycles. The molecule has 7 heteroatoms. The van der Waals surface area contributed by atoms with Crippen LogP contribution in [0.5, 0.6) is 0 Å². The maximum absolute atomic E-state index is 13.8. The van der Waals surface area contributed by atoms with E-state index in [1.807, 2.05) is 43.5 Å². The molecule has 1 atom stereocenters. The van der Waals surface area contributed by atoms with Crippen LogP contribution in [0, 0.1) is 0 Å². The van der Waals surface area contributed by atoms with Crippen molar-refractivity contribution >= 4 is 16.8 Å². The number of primary amides is 1. The van der Waals surface area contributed by atoms with E-state index < -0.39 is 17.2 Å². The minimum absolute atomic E-state index is 0.181. The Bertz CT molecular complexity index is 1010. The number of alkyl halides is 2. The van der Waals surface area contributed by atoms with E-state index in [0.29, 0.717) is 17.6 Å². The largest absolute Gasteiger partial charge is 0.366 e. The summed E-state index contributed by atoms with van der Waals surface area (Å²) in [6.45, 7) is 2.09. The van der Waals surface area contributed by atoms with Crippen molar-refractivity contribution in [2.45, 2.75) is 24.7 Å². The minimum Gasteiger partial charge on any atom is -0.366 e. The van der Waals surface area contributed by atoms with E-state index in [0.717, 1.165) is 16.6 Å². The molecular weight excluding hydrogens is 350 g/mol. The van der Waals surface area contributed by atoms with Crippen molar-refractivity contribution in [2.24, 2.45) is 5.73 Å². The lowest BCUT2D eigenvalue weighted by molar-refractivity contribution is -0.0449. The van der Waals surface area contributed by atoms with Crippen molar-refractivity contribution in [3.8, 4) is 5.69 Å². The summed E-state index contributed by atoms with van der Waals surface area (Å²) in [6.07, 6.45) is 1.63. The fourth-order valence-corrected chi connectivity index (χ4v) is 3.81. The maximum Gasteiger partial charge on any atom is 0.261 e. The predicted octanol–water partition coefficient (Wildman–Crippen LogP) is 3.01. The number of hydrogen-bond acceptors (Lipinski definition) is 3. The van der Waals surface area contributed by atoms with Gasteiger partial charge in [-0.25, -0.2) is 13.5 Å². The molecule has 1 aliphatic rings. The molecule has 27 heavy (non-hydrogen) atoms. The maximum atomic E-state index is 13.8. The van der Waals surface area contributed by atoms with E-state index >= 15 is 0 Å². The van der Waals surface area contributed by atoms with Gasteiger partial charge in [-0.3, -0.25) is 4.79 Å². The average molecular weight is 370 g/mol. The van der Waals surface area contributed by atoms with E-state index in [4.69, 9.17) is 5.73 Å². The Hall–Kier alpha value is -2.80. The van der Waals surface area contributed by atoms with E-state index in [1.165, 1.54) is 0 Å². The normalized spacial score (nSPS) is 22.0. The summed E-state index contributed by atoms with van der Waals surface area (Å²) >= 11 is 0. The molecule has 0 spiro atoms. The predicted molar refractivity (Wildman–Crippen MR) is 99.4 cm³/mol. The molecule has 0 aliphatic carbocycles. The van der Waals surface area contributed by atoms with Crippen molar-refractivity contribution in [2.75, 3.05) is 13.1 Å². The van der Waals surface area contributed by atoms with E-state index in [-0.39, 0.29) is 13.0 Å². The number of nitrogens with zero attached hydrogens (tertiary/aromatic N) is 2. The van der Waals surface area contributed by atoms with Crippen LogP contribution in [0.2, 0.25) is 0 Å². The molecule has 3 N–H and O–H groups in total. The molecule has 0 unspecified atom stereocenters. The Morgan fingerprint density at radius 1 is 1.19 bits per heavy atom. The summed E-state index contributed by atoms with van der Waals surface area (Å²) in [5, 5.41) is 8.11. The van der Waals surface area contributed by atoms with Crippen LogP contribution in [-0.2, 0) is 5.41 Å². The molecule has 1 amide bonds. The van der Waals surface area contributed by atoms with Gasteiger partial charge in [0.25, 0.3) is 11.8 Å². The van der Waals surface area contributed by atoms with Crippen molar-refractivity contribution < 1.29 is 13.6 Å². The fraction of sp³-hybridized carbons (Fsp3) is 0.300. The molecule has 5 nitrogen and oxygen atoms in total. The lowest BCUT2D eigenvalue weighted by atomic mass is 9.75.